The highest BCUT2D eigenvalue weighted by Gasteiger charge is 2.34. The predicted molar refractivity (Wildman–Crippen MR) is 115 cm³/mol. The number of benzene rings is 2. The van der Waals surface area contributed by atoms with Crippen LogP contribution >= 0.6 is 11.3 Å². The topological polar surface area (TPSA) is 62.3 Å². The van der Waals surface area contributed by atoms with Crippen molar-refractivity contribution in [3.8, 4) is 0 Å². The first kappa shape index (κ1) is 19.3. The van der Waals surface area contributed by atoms with E-state index < -0.39 is 0 Å². The lowest BCUT2D eigenvalue weighted by atomic mass is 10.1. The SMILES string of the molecule is Cc1ccc(Cc2cnc(NC(=O)C3CC(=O)N(Cc4ccccc4)C3)s2)cc1. The van der Waals surface area contributed by atoms with Crippen LogP contribution in [0.15, 0.2) is 60.8 Å². The number of thiazole rings is 1. The van der Waals surface area contributed by atoms with E-state index in [2.05, 4.69) is 41.5 Å². The van der Waals surface area contributed by atoms with Crippen LogP contribution in [0.1, 0.15) is 28.0 Å². The highest BCUT2D eigenvalue weighted by molar-refractivity contribution is 7.15. The van der Waals surface area contributed by atoms with Crippen molar-refractivity contribution in [2.24, 2.45) is 5.92 Å². The standard InChI is InChI=1S/C23H23N3O2S/c1-16-7-9-17(10-8-16)11-20-13-24-23(29-20)25-22(28)19-12-21(27)26(15-19)14-18-5-3-2-4-6-18/h2-10,13,19H,11-12,14-15H2,1H3,(H,24,25,28). The molecule has 0 radical (unpaired) electrons. The highest BCUT2D eigenvalue weighted by Crippen LogP contribution is 2.25. The monoisotopic (exact) mass is 405 g/mol. The van der Waals surface area contributed by atoms with E-state index in [4.69, 9.17) is 0 Å². The van der Waals surface area contributed by atoms with Gasteiger partial charge in [0.1, 0.15) is 0 Å². The number of nitrogens with zero attached hydrogens (tertiary/aromatic N) is 2. The minimum absolute atomic E-state index is 0.0215. The van der Waals surface area contributed by atoms with Crippen molar-refractivity contribution in [1.29, 1.82) is 0 Å². The Morgan fingerprint density at radius 1 is 1.14 bits per heavy atom. The molecular weight excluding hydrogens is 382 g/mol. The average Bonchev–Trinajstić information content (AvgIpc) is 3.31. The first-order valence-electron chi connectivity index (χ1n) is 9.69. The first-order valence-corrected chi connectivity index (χ1v) is 10.5. The smallest absolute Gasteiger partial charge is 0.231 e. The second-order valence-corrected chi connectivity index (χ2v) is 8.56. The molecule has 1 unspecified atom stereocenters. The molecule has 3 aromatic rings. The van der Waals surface area contributed by atoms with Gasteiger partial charge in [0.25, 0.3) is 0 Å². The summed E-state index contributed by atoms with van der Waals surface area (Å²) in [5.41, 5.74) is 3.52. The normalized spacial score (nSPS) is 16.2. The molecular formula is C23H23N3O2S. The van der Waals surface area contributed by atoms with Gasteiger partial charge in [0.2, 0.25) is 11.8 Å². The molecule has 0 aliphatic carbocycles. The highest BCUT2D eigenvalue weighted by atomic mass is 32.1. The second kappa shape index (κ2) is 8.57. The molecule has 1 atom stereocenters. The van der Waals surface area contributed by atoms with Crippen LogP contribution < -0.4 is 5.32 Å². The molecule has 2 aromatic carbocycles. The molecule has 148 valence electrons. The number of likely N-dealkylation sites (tertiary alicyclic amines) is 1. The molecule has 1 N–H and O–H groups in total. The number of aryl methyl sites for hydroxylation is 1. The third-order valence-electron chi connectivity index (χ3n) is 5.08. The Balaban J connectivity index is 1.33. The summed E-state index contributed by atoms with van der Waals surface area (Å²) in [5, 5.41) is 3.48. The van der Waals surface area contributed by atoms with Crippen LogP contribution in [0.2, 0.25) is 0 Å². The molecule has 1 saturated heterocycles. The second-order valence-electron chi connectivity index (χ2n) is 7.44. The van der Waals surface area contributed by atoms with E-state index in [0.29, 0.717) is 18.2 Å². The van der Waals surface area contributed by atoms with E-state index in [1.807, 2.05) is 36.5 Å². The number of carbonyl (C=O) groups is 2. The molecule has 0 bridgehead atoms. The van der Waals surface area contributed by atoms with Gasteiger partial charge in [-0.3, -0.25) is 9.59 Å². The van der Waals surface area contributed by atoms with Crippen LogP contribution in [0.3, 0.4) is 0 Å². The Kier molecular flexibility index (Phi) is 5.71. The van der Waals surface area contributed by atoms with Gasteiger partial charge in [0.15, 0.2) is 5.13 Å². The largest absolute Gasteiger partial charge is 0.338 e. The minimum atomic E-state index is -0.337. The van der Waals surface area contributed by atoms with Crippen LogP contribution in [0.4, 0.5) is 5.13 Å². The number of hydrogen-bond acceptors (Lipinski definition) is 4. The Hall–Kier alpha value is -2.99. The third kappa shape index (κ3) is 4.90. The Morgan fingerprint density at radius 2 is 1.90 bits per heavy atom. The third-order valence-corrected chi connectivity index (χ3v) is 6.00. The van der Waals surface area contributed by atoms with Crippen molar-refractivity contribution >= 4 is 28.3 Å². The maximum absolute atomic E-state index is 12.6. The van der Waals surface area contributed by atoms with Gasteiger partial charge in [0.05, 0.1) is 5.92 Å². The van der Waals surface area contributed by atoms with Crippen LogP contribution in [0.5, 0.6) is 0 Å². The molecule has 1 fully saturated rings. The molecule has 1 aromatic heterocycles. The number of nitrogens with one attached hydrogen (secondary N) is 1. The Labute approximate surface area is 174 Å². The zero-order valence-corrected chi connectivity index (χ0v) is 17.1. The van der Waals surface area contributed by atoms with Crippen molar-refractivity contribution in [3.63, 3.8) is 0 Å². The number of carbonyl (C=O) groups excluding carboxylic acids is 2. The van der Waals surface area contributed by atoms with E-state index in [1.165, 1.54) is 22.5 Å². The zero-order valence-electron chi connectivity index (χ0n) is 16.3. The molecule has 1 aliphatic rings. The van der Waals surface area contributed by atoms with Gasteiger partial charge < -0.3 is 10.2 Å². The van der Waals surface area contributed by atoms with Crippen LogP contribution in [-0.2, 0) is 22.6 Å². The zero-order chi connectivity index (χ0) is 20.2. The van der Waals surface area contributed by atoms with Crippen LogP contribution in [0.25, 0.3) is 0 Å². The number of amides is 2. The number of rotatable bonds is 6. The molecule has 0 saturated carbocycles. The van der Waals surface area contributed by atoms with E-state index >= 15 is 0 Å². The number of anilines is 1. The maximum atomic E-state index is 12.6. The fraction of sp³-hybridized carbons (Fsp3) is 0.261. The Morgan fingerprint density at radius 3 is 2.66 bits per heavy atom. The van der Waals surface area contributed by atoms with Gasteiger partial charge in [-0.15, -0.1) is 11.3 Å². The van der Waals surface area contributed by atoms with Crippen molar-refractivity contribution in [2.75, 3.05) is 11.9 Å². The van der Waals surface area contributed by atoms with E-state index in [0.717, 1.165) is 16.9 Å². The molecule has 4 rings (SSSR count). The average molecular weight is 406 g/mol. The van der Waals surface area contributed by atoms with E-state index in [9.17, 15) is 9.59 Å². The fourth-order valence-electron chi connectivity index (χ4n) is 3.47. The van der Waals surface area contributed by atoms with Gasteiger partial charge in [-0.25, -0.2) is 4.98 Å². The maximum Gasteiger partial charge on any atom is 0.231 e. The number of hydrogen-bond donors (Lipinski definition) is 1. The summed E-state index contributed by atoms with van der Waals surface area (Å²) in [6, 6.07) is 18.3. The van der Waals surface area contributed by atoms with Crippen molar-refractivity contribution in [3.05, 3.63) is 82.4 Å². The molecule has 6 heteroatoms. The fourth-order valence-corrected chi connectivity index (χ4v) is 4.32. The van der Waals surface area contributed by atoms with Crippen molar-refractivity contribution < 1.29 is 9.59 Å². The molecule has 1 aliphatic heterocycles. The quantitative estimate of drug-likeness (QED) is 0.674. The molecule has 2 amide bonds. The van der Waals surface area contributed by atoms with E-state index in [1.54, 1.807) is 4.90 Å². The molecule has 5 nitrogen and oxygen atoms in total. The van der Waals surface area contributed by atoms with Gasteiger partial charge in [-0.2, -0.15) is 0 Å². The Bertz CT molecular complexity index is 998. The van der Waals surface area contributed by atoms with Crippen molar-refractivity contribution in [2.45, 2.75) is 26.3 Å². The van der Waals surface area contributed by atoms with Crippen LogP contribution in [0, 0.1) is 12.8 Å². The summed E-state index contributed by atoms with van der Waals surface area (Å²) in [6.45, 7) is 3.06. The van der Waals surface area contributed by atoms with Crippen LogP contribution in [-0.4, -0.2) is 28.2 Å². The molecule has 2 heterocycles. The van der Waals surface area contributed by atoms with Gasteiger partial charge in [-0.1, -0.05) is 60.2 Å². The lowest BCUT2D eigenvalue weighted by molar-refractivity contribution is -0.128. The first-order chi connectivity index (χ1) is 14.1. The summed E-state index contributed by atoms with van der Waals surface area (Å²) < 4.78 is 0. The summed E-state index contributed by atoms with van der Waals surface area (Å²) in [7, 11) is 0. The molecule has 0 spiro atoms. The lowest BCUT2D eigenvalue weighted by Gasteiger charge is -2.16. The summed E-state index contributed by atoms with van der Waals surface area (Å²) in [5.74, 6) is -0.450. The minimum Gasteiger partial charge on any atom is -0.338 e. The summed E-state index contributed by atoms with van der Waals surface area (Å²) in [6.07, 6.45) is 2.85. The lowest BCUT2D eigenvalue weighted by Crippen LogP contribution is -2.28. The summed E-state index contributed by atoms with van der Waals surface area (Å²) in [4.78, 5) is 32.1. The number of aromatic nitrogens is 1. The van der Waals surface area contributed by atoms with Gasteiger partial charge >= 0.3 is 0 Å². The predicted octanol–water partition coefficient (Wildman–Crippen LogP) is 4.03. The summed E-state index contributed by atoms with van der Waals surface area (Å²) >= 11 is 1.48. The van der Waals surface area contributed by atoms with E-state index in [-0.39, 0.29) is 24.2 Å². The van der Waals surface area contributed by atoms with Gasteiger partial charge in [-0.05, 0) is 18.1 Å². The van der Waals surface area contributed by atoms with Gasteiger partial charge in [0, 0.05) is 37.0 Å². The molecule has 29 heavy (non-hydrogen) atoms. The van der Waals surface area contributed by atoms with Crippen molar-refractivity contribution in [1.82, 2.24) is 9.88 Å².